The summed E-state index contributed by atoms with van der Waals surface area (Å²) in [5.74, 6) is -0.677. The van der Waals surface area contributed by atoms with E-state index in [1.165, 1.54) is 32.3 Å². The highest BCUT2D eigenvalue weighted by Gasteiger charge is 2.21. The minimum Gasteiger partial charge on any atom is -0.457 e. The average Bonchev–Trinajstić information content (AvgIpc) is 2.66. The summed E-state index contributed by atoms with van der Waals surface area (Å²) in [6.45, 7) is 0.0567. The van der Waals surface area contributed by atoms with E-state index in [2.05, 4.69) is 0 Å². The van der Waals surface area contributed by atoms with Crippen molar-refractivity contribution >= 4 is 38.4 Å². The van der Waals surface area contributed by atoms with Crippen LogP contribution in [0.2, 0.25) is 5.02 Å². The minimum atomic E-state index is -3.68. The molecule has 0 aliphatic rings. The predicted octanol–water partition coefficient (Wildman–Crippen LogP) is 4.10. The van der Waals surface area contributed by atoms with Crippen LogP contribution >= 0.6 is 11.6 Å². The van der Waals surface area contributed by atoms with Crippen molar-refractivity contribution in [3.8, 4) is 0 Å². The third-order valence-electron chi connectivity index (χ3n) is 4.18. The molecule has 5 nitrogen and oxygen atoms in total. The molecule has 0 aliphatic carbocycles. The number of carbonyl (C=O) groups is 1. The Kier molecular flexibility index (Phi) is 5.51. The summed E-state index contributed by atoms with van der Waals surface area (Å²) < 4.78 is 31.0. The lowest BCUT2D eigenvalue weighted by molar-refractivity contribution is 0.0474. The molecule has 3 rings (SSSR count). The Morgan fingerprint density at radius 3 is 2.48 bits per heavy atom. The Labute approximate surface area is 163 Å². The number of hydrogen-bond donors (Lipinski definition) is 0. The maximum atomic E-state index is 12.5. The van der Waals surface area contributed by atoms with E-state index in [1.807, 2.05) is 42.5 Å². The lowest BCUT2D eigenvalue weighted by Crippen LogP contribution is -2.22. The van der Waals surface area contributed by atoms with Gasteiger partial charge in [0.25, 0.3) is 0 Å². The molecule has 0 radical (unpaired) electrons. The van der Waals surface area contributed by atoms with E-state index in [4.69, 9.17) is 16.3 Å². The molecule has 3 aromatic rings. The number of fused-ring (bicyclic) bond motifs is 1. The Morgan fingerprint density at radius 1 is 1.04 bits per heavy atom. The third-order valence-corrected chi connectivity index (χ3v) is 6.32. The number of benzene rings is 3. The Morgan fingerprint density at radius 2 is 1.74 bits per heavy atom. The molecule has 0 spiro atoms. The fourth-order valence-corrected chi connectivity index (χ4v) is 3.79. The van der Waals surface area contributed by atoms with Crippen LogP contribution in [0, 0.1) is 0 Å². The van der Waals surface area contributed by atoms with Crippen LogP contribution in [0.25, 0.3) is 10.8 Å². The van der Waals surface area contributed by atoms with E-state index in [0.717, 1.165) is 20.6 Å². The fourth-order valence-electron chi connectivity index (χ4n) is 2.67. The van der Waals surface area contributed by atoms with E-state index < -0.39 is 16.0 Å². The second kappa shape index (κ2) is 7.68. The van der Waals surface area contributed by atoms with E-state index >= 15 is 0 Å². The number of esters is 1. The normalized spacial score (nSPS) is 11.7. The Hall–Kier alpha value is -2.41. The van der Waals surface area contributed by atoms with Crippen LogP contribution in [0.5, 0.6) is 0 Å². The first-order valence-electron chi connectivity index (χ1n) is 8.16. The molecule has 0 unspecified atom stereocenters. The summed E-state index contributed by atoms with van der Waals surface area (Å²) in [6, 6.07) is 17.5. The molecule has 0 aromatic heterocycles. The molecule has 3 aromatic carbocycles. The van der Waals surface area contributed by atoms with Gasteiger partial charge in [-0.25, -0.2) is 17.5 Å². The van der Waals surface area contributed by atoms with Crippen molar-refractivity contribution in [1.29, 1.82) is 0 Å². The van der Waals surface area contributed by atoms with Gasteiger partial charge < -0.3 is 4.74 Å². The van der Waals surface area contributed by atoms with Crippen molar-refractivity contribution in [1.82, 2.24) is 4.31 Å². The topological polar surface area (TPSA) is 63.7 Å². The van der Waals surface area contributed by atoms with Gasteiger partial charge in [0, 0.05) is 14.1 Å². The Bertz CT molecular complexity index is 1100. The summed E-state index contributed by atoms with van der Waals surface area (Å²) >= 11 is 6.09. The van der Waals surface area contributed by atoms with Crippen LogP contribution in [0.15, 0.2) is 65.6 Å². The highest BCUT2D eigenvalue weighted by atomic mass is 35.5. The summed E-state index contributed by atoms with van der Waals surface area (Å²) in [6.07, 6.45) is 0. The SMILES string of the molecule is CN(C)S(=O)(=O)c1ccc(Cl)c(C(=O)OCc2cccc3ccccc23)c1. The molecule has 140 valence electrons. The lowest BCUT2D eigenvalue weighted by atomic mass is 10.1. The zero-order valence-corrected chi connectivity index (χ0v) is 16.4. The number of rotatable bonds is 5. The highest BCUT2D eigenvalue weighted by Crippen LogP contribution is 2.24. The van der Waals surface area contributed by atoms with Gasteiger partial charge in [0.05, 0.1) is 15.5 Å². The summed E-state index contributed by atoms with van der Waals surface area (Å²) in [7, 11) is -0.840. The van der Waals surface area contributed by atoms with Gasteiger partial charge in [0.15, 0.2) is 0 Å². The molecule has 0 bridgehead atoms. The van der Waals surface area contributed by atoms with Gasteiger partial charge in [-0.3, -0.25) is 0 Å². The predicted molar refractivity (Wildman–Crippen MR) is 105 cm³/mol. The quantitative estimate of drug-likeness (QED) is 0.601. The molecule has 0 saturated carbocycles. The zero-order chi connectivity index (χ0) is 19.6. The first-order chi connectivity index (χ1) is 12.8. The zero-order valence-electron chi connectivity index (χ0n) is 14.8. The molecule has 0 aliphatic heterocycles. The van der Waals surface area contributed by atoms with Crippen LogP contribution < -0.4 is 0 Å². The second-order valence-electron chi connectivity index (χ2n) is 6.14. The monoisotopic (exact) mass is 403 g/mol. The van der Waals surface area contributed by atoms with E-state index in [1.54, 1.807) is 0 Å². The molecule has 0 saturated heterocycles. The fraction of sp³-hybridized carbons (Fsp3) is 0.150. The van der Waals surface area contributed by atoms with E-state index in [9.17, 15) is 13.2 Å². The largest absolute Gasteiger partial charge is 0.457 e. The number of halogens is 1. The highest BCUT2D eigenvalue weighted by molar-refractivity contribution is 7.89. The lowest BCUT2D eigenvalue weighted by Gasteiger charge is -2.13. The second-order valence-corrected chi connectivity index (χ2v) is 8.70. The van der Waals surface area contributed by atoms with Crippen molar-refractivity contribution in [2.75, 3.05) is 14.1 Å². The van der Waals surface area contributed by atoms with E-state index in [0.29, 0.717) is 0 Å². The maximum Gasteiger partial charge on any atom is 0.340 e. The van der Waals surface area contributed by atoms with Crippen molar-refractivity contribution in [2.45, 2.75) is 11.5 Å². The molecule has 0 fully saturated rings. The van der Waals surface area contributed by atoms with Gasteiger partial charge in [0.2, 0.25) is 10.0 Å². The number of nitrogens with zero attached hydrogens (tertiary/aromatic N) is 1. The standard InChI is InChI=1S/C20H18ClNO4S/c1-22(2)27(24,25)16-10-11-19(21)18(12-16)20(23)26-13-15-8-5-7-14-6-3-4-9-17(14)15/h3-12H,13H2,1-2H3. The van der Waals surface area contributed by atoms with Gasteiger partial charge in [-0.15, -0.1) is 0 Å². The summed E-state index contributed by atoms with van der Waals surface area (Å²) in [5.41, 5.74) is 0.870. The average molecular weight is 404 g/mol. The number of ether oxygens (including phenoxy) is 1. The van der Waals surface area contributed by atoms with Gasteiger partial charge >= 0.3 is 5.97 Å². The van der Waals surface area contributed by atoms with Gasteiger partial charge in [-0.05, 0) is 34.5 Å². The van der Waals surface area contributed by atoms with Gasteiger partial charge in [-0.1, -0.05) is 54.1 Å². The van der Waals surface area contributed by atoms with Crippen molar-refractivity contribution < 1.29 is 17.9 Å². The van der Waals surface area contributed by atoms with Gasteiger partial charge in [-0.2, -0.15) is 0 Å². The minimum absolute atomic E-state index is 0.0137. The smallest absolute Gasteiger partial charge is 0.340 e. The first-order valence-corrected chi connectivity index (χ1v) is 9.98. The molecule has 7 heteroatoms. The molecule has 0 amide bonds. The Balaban J connectivity index is 1.86. The van der Waals surface area contributed by atoms with Crippen LogP contribution in [0.1, 0.15) is 15.9 Å². The molecule has 0 N–H and O–H groups in total. The summed E-state index contributed by atoms with van der Waals surface area (Å²) in [5, 5.41) is 2.17. The first kappa shape index (κ1) is 19.4. The molecule has 27 heavy (non-hydrogen) atoms. The van der Waals surface area contributed by atoms with Crippen LogP contribution in [0.4, 0.5) is 0 Å². The van der Waals surface area contributed by atoms with Gasteiger partial charge in [0.1, 0.15) is 6.61 Å². The van der Waals surface area contributed by atoms with E-state index in [-0.39, 0.29) is 22.1 Å². The molecule has 0 atom stereocenters. The van der Waals surface area contributed by atoms with Crippen LogP contribution in [0.3, 0.4) is 0 Å². The molecular weight excluding hydrogens is 386 g/mol. The number of carbonyl (C=O) groups excluding carboxylic acids is 1. The molecule has 0 heterocycles. The third kappa shape index (κ3) is 3.98. The molecular formula is C20H18ClNO4S. The van der Waals surface area contributed by atoms with Crippen molar-refractivity contribution in [3.05, 3.63) is 76.8 Å². The number of sulfonamides is 1. The van der Waals surface area contributed by atoms with Crippen molar-refractivity contribution in [3.63, 3.8) is 0 Å². The van der Waals surface area contributed by atoms with Crippen LogP contribution in [-0.2, 0) is 21.4 Å². The van der Waals surface area contributed by atoms with Crippen molar-refractivity contribution in [2.24, 2.45) is 0 Å². The van der Waals surface area contributed by atoms with Crippen LogP contribution in [-0.4, -0.2) is 32.8 Å². The summed E-state index contributed by atoms with van der Waals surface area (Å²) in [4.78, 5) is 12.5. The maximum absolute atomic E-state index is 12.5. The number of hydrogen-bond acceptors (Lipinski definition) is 4.